The number of carbonyl (C=O) groups excluding carboxylic acids is 1. The largest absolute Gasteiger partial charge is 0.339 e. The van der Waals surface area contributed by atoms with E-state index in [1.165, 1.54) is 5.56 Å². The number of rotatable bonds is 5. The van der Waals surface area contributed by atoms with E-state index in [1.807, 2.05) is 23.1 Å². The lowest BCUT2D eigenvalue weighted by Gasteiger charge is -2.34. The maximum Gasteiger partial charge on any atom is 0.236 e. The highest BCUT2D eigenvalue weighted by Gasteiger charge is 2.19. The van der Waals surface area contributed by atoms with Gasteiger partial charge >= 0.3 is 0 Å². The van der Waals surface area contributed by atoms with E-state index in [0.717, 1.165) is 39.3 Å². The lowest BCUT2D eigenvalue weighted by molar-refractivity contribution is -0.131. The quantitative estimate of drug-likeness (QED) is 0.857. The zero-order valence-corrected chi connectivity index (χ0v) is 11.6. The molecule has 2 rings (SSSR count). The van der Waals surface area contributed by atoms with Gasteiger partial charge in [0.1, 0.15) is 0 Å². The Kier molecular flexibility index (Phi) is 5.36. The smallest absolute Gasteiger partial charge is 0.236 e. The van der Waals surface area contributed by atoms with E-state index in [0.29, 0.717) is 6.54 Å². The Hall–Kier alpha value is -1.39. The number of piperazine rings is 1. The standard InChI is InChI=1S/C15H23N3O/c1-2-17-8-10-18(11-9-17)15(19)13-16-12-14-6-4-3-5-7-14/h3-7,16H,2,8-13H2,1H3. The summed E-state index contributed by atoms with van der Waals surface area (Å²) >= 11 is 0. The molecule has 104 valence electrons. The van der Waals surface area contributed by atoms with Crippen LogP contribution < -0.4 is 5.32 Å². The van der Waals surface area contributed by atoms with E-state index in [2.05, 4.69) is 29.3 Å². The first-order chi connectivity index (χ1) is 9.29. The molecule has 4 heteroatoms. The molecular weight excluding hydrogens is 238 g/mol. The number of carbonyl (C=O) groups is 1. The molecule has 1 aliphatic rings. The zero-order chi connectivity index (χ0) is 13.5. The van der Waals surface area contributed by atoms with Crippen LogP contribution in [0.25, 0.3) is 0 Å². The van der Waals surface area contributed by atoms with Crippen molar-refractivity contribution in [2.24, 2.45) is 0 Å². The Morgan fingerprint density at radius 2 is 1.84 bits per heavy atom. The van der Waals surface area contributed by atoms with Gasteiger partial charge in [-0.2, -0.15) is 0 Å². The molecule has 1 heterocycles. The van der Waals surface area contributed by atoms with Crippen LogP contribution in [-0.4, -0.2) is 55.0 Å². The first-order valence-electron chi connectivity index (χ1n) is 7.04. The average molecular weight is 261 g/mol. The fourth-order valence-corrected chi connectivity index (χ4v) is 2.33. The molecule has 0 bridgehead atoms. The highest BCUT2D eigenvalue weighted by atomic mass is 16.2. The van der Waals surface area contributed by atoms with Crippen LogP contribution in [0, 0.1) is 0 Å². The molecule has 1 aromatic carbocycles. The van der Waals surface area contributed by atoms with Crippen LogP contribution in [0.5, 0.6) is 0 Å². The molecule has 1 N–H and O–H groups in total. The minimum Gasteiger partial charge on any atom is -0.339 e. The number of hydrogen-bond donors (Lipinski definition) is 1. The molecule has 0 unspecified atom stereocenters. The number of nitrogens with one attached hydrogen (secondary N) is 1. The summed E-state index contributed by atoms with van der Waals surface area (Å²) in [4.78, 5) is 16.4. The molecule has 1 amide bonds. The normalized spacial score (nSPS) is 16.6. The molecule has 0 atom stereocenters. The molecule has 0 saturated carbocycles. The van der Waals surface area contributed by atoms with Gasteiger partial charge in [-0.15, -0.1) is 0 Å². The average Bonchev–Trinajstić information content (AvgIpc) is 2.48. The van der Waals surface area contributed by atoms with Gasteiger partial charge in [0.2, 0.25) is 5.91 Å². The van der Waals surface area contributed by atoms with Gasteiger partial charge < -0.3 is 15.1 Å². The van der Waals surface area contributed by atoms with Crippen LogP contribution >= 0.6 is 0 Å². The van der Waals surface area contributed by atoms with Crippen molar-refractivity contribution >= 4 is 5.91 Å². The third kappa shape index (κ3) is 4.33. The molecule has 0 aromatic heterocycles. The van der Waals surface area contributed by atoms with Gasteiger partial charge in [0, 0.05) is 32.7 Å². The van der Waals surface area contributed by atoms with Crippen LogP contribution in [0.2, 0.25) is 0 Å². The third-order valence-corrected chi connectivity index (χ3v) is 3.62. The van der Waals surface area contributed by atoms with Crippen molar-refractivity contribution in [1.29, 1.82) is 0 Å². The topological polar surface area (TPSA) is 35.6 Å². The maximum absolute atomic E-state index is 12.0. The summed E-state index contributed by atoms with van der Waals surface area (Å²) in [7, 11) is 0. The predicted molar refractivity (Wildman–Crippen MR) is 76.8 cm³/mol. The summed E-state index contributed by atoms with van der Waals surface area (Å²) in [6.07, 6.45) is 0. The van der Waals surface area contributed by atoms with E-state index in [-0.39, 0.29) is 5.91 Å². The van der Waals surface area contributed by atoms with Gasteiger partial charge in [-0.1, -0.05) is 37.3 Å². The first-order valence-corrected chi connectivity index (χ1v) is 7.04. The summed E-state index contributed by atoms with van der Waals surface area (Å²) in [6.45, 7) is 8.15. The van der Waals surface area contributed by atoms with E-state index in [1.54, 1.807) is 0 Å². The highest BCUT2D eigenvalue weighted by molar-refractivity contribution is 5.78. The first kappa shape index (κ1) is 14.0. The van der Waals surface area contributed by atoms with Gasteiger partial charge in [0.15, 0.2) is 0 Å². The van der Waals surface area contributed by atoms with Crippen molar-refractivity contribution in [2.75, 3.05) is 39.3 Å². The summed E-state index contributed by atoms with van der Waals surface area (Å²) in [5.41, 5.74) is 1.21. The number of nitrogens with zero attached hydrogens (tertiary/aromatic N) is 2. The lowest BCUT2D eigenvalue weighted by Crippen LogP contribution is -2.50. The number of amides is 1. The Morgan fingerprint density at radius 1 is 1.16 bits per heavy atom. The Bertz CT molecular complexity index is 386. The van der Waals surface area contributed by atoms with E-state index in [4.69, 9.17) is 0 Å². The van der Waals surface area contributed by atoms with Crippen molar-refractivity contribution in [2.45, 2.75) is 13.5 Å². The van der Waals surface area contributed by atoms with E-state index in [9.17, 15) is 4.79 Å². The second kappa shape index (κ2) is 7.26. The van der Waals surface area contributed by atoms with Gasteiger partial charge in [-0.3, -0.25) is 4.79 Å². The SMILES string of the molecule is CCN1CCN(C(=O)CNCc2ccccc2)CC1. The number of benzene rings is 1. The van der Waals surface area contributed by atoms with Crippen LogP contribution in [0.15, 0.2) is 30.3 Å². The van der Waals surface area contributed by atoms with Crippen molar-refractivity contribution in [3.8, 4) is 0 Å². The highest BCUT2D eigenvalue weighted by Crippen LogP contribution is 2.01. The predicted octanol–water partition coefficient (Wildman–Crippen LogP) is 0.940. The Labute approximate surface area is 115 Å². The molecule has 19 heavy (non-hydrogen) atoms. The second-order valence-electron chi connectivity index (χ2n) is 4.90. The monoisotopic (exact) mass is 261 g/mol. The van der Waals surface area contributed by atoms with Crippen molar-refractivity contribution in [1.82, 2.24) is 15.1 Å². The summed E-state index contributed by atoms with van der Waals surface area (Å²) in [6, 6.07) is 10.2. The number of likely N-dealkylation sites (N-methyl/N-ethyl adjacent to an activating group) is 1. The van der Waals surface area contributed by atoms with Crippen molar-refractivity contribution in [3.63, 3.8) is 0 Å². The third-order valence-electron chi connectivity index (χ3n) is 3.62. The van der Waals surface area contributed by atoms with E-state index >= 15 is 0 Å². The van der Waals surface area contributed by atoms with Crippen molar-refractivity contribution in [3.05, 3.63) is 35.9 Å². The Morgan fingerprint density at radius 3 is 2.47 bits per heavy atom. The lowest BCUT2D eigenvalue weighted by atomic mass is 10.2. The Balaban J connectivity index is 1.67. The molecule has 1 saturated heterocycles. The molecule has 1 aliphatic heterocycles. The molecular formula is C15H23N3O. The summed E-state index contributed by atoms with van der Waals surface area (Å²) in [5.74, 6) is 0.215. The molecule has 0 aliphatic carbocycles. The zero-order valence-electron chi connectivity index (χ0n) is 11.6. The van der Waals surface area contributed by atoms with Gasteiger partial charge in [-0.05, 0) is 12.1 Å². The number of hydrogen-bond acceptors (Lipinski definition) is 3. The summed E-state index contributed by atoms with van der Waals surface area (Å²) in [5, 5.41) is 3.22. The minimum atomic E-state index is 0.215. The maximum atomic E-state index is 12.0. The van der Waals surface area contributed by atoms with Gasteiger partial charge in [0.05, 0.1) is 6.54 Å². The van der Waals surface area contributed by atoms with Crippen LogP contribution in [0.1, 0.15) is 12.5 Å². The fraction of sp³-hybridized carbons (Fsp3) is 0.533. The fourth-order valence-electron chi connectivity index (χ4n) is 2.33. The summed E-state index contributed by atoms with van der Waals surface area (Å²) < 4.78 is 0. The molecule has 1 aromatic rings. The minimum absolute atomic E-state index is 0.215. The van der Waals surface area contributed by atoms with Gasteiger partial charge in [-0.25, -0.2) is 0 Å². The van der Waals surface area contributed by atoms with Crippen LogP contribution in [0.3, 0.4) is 0 Å². The molecule has 0 radical (unpaired) electrons. The van der Waals surface area contributed by atoms with Crippen LogP contribution in [0.4, 0.5) is 0 Å². The molecule has 0 spiro atoms. The molecule has 4 nitrogen and oxygen atoms in total. The second-order valence-corrected chi connectivity index (χ2v) is 4.90. The van der Waals surface area contributed by atoms with Gasteiger partial charge in [0.25, 0.3) is 0 Å². The van der Waals surface area contributed by atoms with E-state index < -0.39 is 0 Å². The van der Waals surface area contributed by atoms with Crippen LogP contribution in [-0.2, 0) is 11.3 Å². The molecule has 1 fully saturated rings. The van der Waals surface area contributed by atoms with Crippen molar-refractivity contribution < 1.29 is 4.79 Å².